The molecule has 1 unspecified atom stereocenters. The van der Waals surface area contributed by atoms with Crippen LogP contribution in [-0.2, 0) is 9.16 Å². The zero-order valence-corrected chi connectivity index (χ0v) is 12.5. The van der Waals surface area contributed by atoms with Gasteiger partial charge < -0.3 is 9.16 Å². The molecule has 0 aliphatic heterocycles. The van der Waals surface area contributed by atoms with Crippen LogP contribution in [0.25, 0.3) is 0 Å². The second-order valence-corrected chi connectivity index (χ2v) is 8.66. The number of hydrogen-bond acceptors (Lipinski definition) is 2. The van der Waals surface area contributed by atoms with Gasteiger partial charge in [-0.1, -0.05) is 0 Å². The van der Waals surface area contributed by atoms with Crippen molar-refractivity contribution in [3.63, 3.8) is 0 Å². The van der Waals surface area contributed by atoms with Crippen molar-refractivity contribution in [3.05, 3.63) is 0 Å². The highest BCUT2D eigenvalue weighted by Crippen LogP contribution is 2.26. The van der Waals surface area contributed by atoms with Gasteiger partial charge in [0, 0.05) is 24.7 Å². The maximum atomic E-state index is 5.97. The van der Waals surface area contributed by atoms with Crippen molar-refractivity contribution in [1.29, 1.82) is 0 Å². The van der Waals surface area contributed by atoms with Crippen molar-refractivity contribution >= 4 is 43.1 Å². The van der Waals surface area contributed by atoms with E-state index < -0.39 is 8.32 Å². The molecule has 0 aliphatic rings. The number of methoxy groups -OCH3 is 1. The Balaban J connectivity index is 4.44. The van der Waals surface area contributed by atoms with Gasteiger partial charge in [0.1, 0.15) is 6.29 Å². The van der Waals surface area contributed by atoms with E-state index in [0.717, 1.165) is 18.1 Å². The first-order valence-electron chi connectivity index (χ1n) is 5.02. The molecule has 0 rings (SSSR count). The maximum Gasteiger partial charge on any atom is 0.199 e. The summed E-state index contributed by atoms with van der Waals surface area (Å²) in [5.41, 5.74) is 0. The van der Waals surface area contributed by atoms with Gasteiger partial charge in [-0.25, -0.2) is 0 Å². The van der Waals surface area contributed by atoms with Crippen LogP contribution in [0.4, 0.5) is 0 Å². The summed E-state index contributed by atoms with van der Waals surface area (Å²) in [6.07, 6.45) is -0.202. The lowest BCUT2D eigenvalue weighted by molar-refractivity contribution is -0.0464. The molecule has 0 radical (unpaired) electrons. The van der Waals surface area contributed by atoms with Gasteiger partial charge in [0.05, 0.1) is 0 Å². The SMILES string of the molecule is COC(C)O[Si](CCCl)(CCCl)CCCl. The van der Waals surface area contributed by atoms with Gasteiger partial charge in [0.2, 0.25) is 0 Å². The summed E-state index contributed by atoms with van der Waals surface area (Å²) in [6.45, 7) is 1.89. The van der Waals surface area contributed by atoms with Gasteiger partial charge in [-0.05, 0) is 25.1 Å². The zero-order chi connectivity index (χ0) is 11.7. The first-order chi connectivity index (χ1) is 7.14. The zero-order valence-electron chi connectivity index (χ0n) is 9.27. The van der Waals surface area contributed by atoms with Crippen LogP contribution in [0, 0.1) is 0 Å². The molecule has 0 aliphatic carbocycles. The molecule has 2 nitrogen and oxygen atoms in total. The topological polar surface area (TPSA) is 18.5 Å². The summed E-state index contributed by atoms with van der Waals surface area (Å²) in [4.78, 5) is 0. The fourth-order valence-corrected chi connectivity index (χ4v) is 7.51. The highest BCUT2D eigenvalue weighted by Gasteiger charge is 2.35. The number of rotatable bonds is 9. The number of hydrogen-bond donors (Lipinski definition) is 0. The minimum Gasteiger partial charge on any atom is -0.392 e. The minimum absolute atomic E-state index is 0.202. The molecule has 0 fully saturated rings. The van der Waals surface area contributed by atoms with E-state index in [4.69, 9.17) is 44.0 Å². The van der Waals surface area contributed by atoms with E-state index in [1.54, 1.807) is 7.11 Å². The lowest BCUT2D eigenvalue weighted by atomic mass is 10.8. The van der Waals surface area contributed by atoms with Gasteiger partial charge in [0.25, 0.3) is 0 Å². The van der Waals surface area contributed by atoms with Crippen LogP contribution in [0.3, 0.4) is 0 Å². The summed E-state index contributed by atoms with van der Waals surface area (Å²) in [7, 11) is -0.270. The monoisotopic (exact) mass is 292 g/mol. The van der Waals surface area contributed by atoms with Crippen LogP contribution >= 0.6 is 34.8 Å². The smallest absolute Gasteiger partial charge is 0.199 e. The predicted octanol–water partition coefficient (Wildman–Crippen LogP) is 3.66. The number of alkyl halides is 3. The summed E-state index contributed by atoms with van der Waals surface area (Å²) in [6, 6.07) is 2.63. The molecule has 0 saturated heterocycles. The molecule has 1 atom stereocenters. The number of halogens is 3. The Morgan fingerprint density at radius 2 is 1.40 bits per heavy atom. The molecule has 0 aromatic rings. The maximum absolute atomic E-state index is 5.97. The molecule has 0 N–H and O–H groups in total. The molecule has 6 heteroatoms. The summed E-state index contributed by atoms with van der Waals surface area (Å²) >= 11 is 17.4. The third-order valence-electron chi connectivity index (χ3n) is 2.40. The molecule has 0 saturated carbocycles. The van der Waals surface area contributed by atoms with Crippen LogP contribution in [-0.4, -0.2) is 39.4 Å². The Labute approximate surface area is 108 Å². The standard InChI is InChI=1S/C9H19Cl3O2Si/c1-9(13-2)14-15(6-3-10,7-4-11)8-5-12/h9H,3-8H2,1-2H3. The molecule has 15 heavy (non-hydrogen) atoms. The van der Waals surface area contributed by atoms with E-state index in [-0.39, 0.29) is 6.29 Å². The lowest BCUT2D eigenvalue weighted by Gasteiger charge is -2.32. The van der Waals surface area contributed by atoms with E-state index in [9.17, 15) is 0 Å². The average Bonchev–Trinajstić information content (AvgIpc) is 2.18. The van der Waals surface area contributed by atoms with Crippen molar-refractivity contribution < 1.29 is 9.16 Å². The van der Waals surface area contributed by atoms with E-state index in [1.807, 2.05) is 6.92 Å². The normalized spacial score (nSPS) is 14.2. The van der Waals surface area contributed by atoms with Crippen LogP contribution < -0.4 is 0 Å². The molecule has 0 aromatic carbocycles. The molecule has 92 valence electrons. The third-order valence-corrected chi connectivity index (χ3v) is 8.23. The highest BCUT2D eigenvalue weighted by molar-refractivity contribution is 6.75. The Hall–Kier alpha value is 1.01. The fraction of sp³-hybridized carbons (Fsp3) is 1.00. The van der Waals surface area contributed by atoms with E-state index in [1.165, 1.54) is 0 Å². The highest BCUT2D eigenvalue weighted by atomic mass is 35.5. The Bertz CT molecular complexity index is 143. The van der Waals surface area contributed by atoms with E-state index in [0.29, 0.717) is 17.6 Å². The Kier molecular flexibility index (Phi) is 9.69. The first-order valence-corrected chi connectivity index (χ1v) is 9.16. The van der Waals surface area contributed by atoms with E-state index >= 15 is 0 Å². The van der Waals surface area contributed by atoms with Gasteiger partial charge in [-0.2, -0.15) is 0 Å². The molecule has 0 spiro atoms. The second-order valence-electron chi connectivity index (χ2n) is 3.42. The summed E-state index contributed by atoms with van der Waals surface area (Å²) < 4.78 is 11.1. The van der Waals surface area contributed by atoms with Crippen LogP contribution in [0.5, 0.6) is 0 Å². The lowest BCUT2D eigenvalue weighted by Crippen LogP contribution is -2.43. The Morgan fingerprint density at radius 1 is 1.00 bits per heavy atom. The predicted molar refractivity (Wildman–Crippen MR) is 69.9 cm³/mol. The van der Waals surface area contributed by atoms with Gasteiger partial charge in [-0.15, -0.1) is 34.8 Å². The average molecular weight is 294 g/mol. The summed E-state index contributed by atoms with van der Waals surface area (Å²) in [5, 5.41) is 0. The van der Waals surface area contributed by atoms with Crippen LogP contribution in [0.1, 0.15) is 6.92 Å². The minimum atomic E-state index is -1.90. The first kappa shape index (κ1) is 16.0. The van der Waals surface area contributed by atoms with Gasteiger partial charge in [0.15, 0.2) is 8.32 Å². The van der Waals surface area contributed by atoms with Gasteiger partial charge >= 0.3 is 0 Å². The van der Waals surface area contributed by atoms with Crippen molar-refractivity contribution in [2.75, 3.05) is 24.7 Å². The van der Waals surface area contributed by atoms with Crippen molar-refractivity contribution in [1.82, 2.24) is 0 Å². The molecule has 0 aromatic heterocycles. The van der Waals surface area contributed by atoms with Gasteiger partial charge in [-0.3, -0.25) is 0 Å². The largest absolute Gasteiger partial charge is 0.392 e. The van der Waals surface area contributed by atoms with Crippen LogP contribution in [0.15, 0.2) is 0 Å². The fourth-order valence-electron chi connectivity index (χ4n) is 1.47. The molecule has 0 heterocycles. The van der Waals surface area contributed by atoms with Crippen molar-refractivity contribution in [2.45, 2.75) is 31.3 Å². The van der Waals surface area contributed by atoms with E-state index in [2.05, 4.69) is 0 Å². The second kappa shape index (κ2) is 9.08. The van der Waals surface area contributed by atoms with Crippen LogP contribution in [0.2, 0.25) is 18.1 Å². The molecular formula is C9H19Cl3O2Si. The molecule has 0 amide bonds. The number of ether oxygens (including phenoxy) is 1. The quantitative estimate of drug-likeness (QED) is 0.367. The third kappa shape index (κ3) is 6.34. The molecule has 0 bridgehead atoms. The van der Waals surface area contributed by atoms with Crippen molar-refractivity contribution in [2.24, 2.45) is 0 Å². The molecular weight excluding hydrogens is 275 g/mol. The Morgan fingerprint density at radius 3 is 1.67 bits per heavy atom. The summed E-state index contributed by atoms with van der Waals surface area (Å²) in [5.74, 6) is 1.78. The van der Waals surface area contributed by atoms with Crippen molar-refractivity contribution in [3.8, 4) is 0 Å².